The van der Waals surface area contributed by atoms with E-state index in [0.29, 0.717) is 30.1 Å². The van der Waals surface area contributed by atoms with Gasteiger partial charge in [-0.3, -0.25) is 13.9 Å². The number of nitrogens with zero attached hydrogens (tertiary/aromatic N) is 2. The lowest BCUT2D eigenvalue weighted by Gasteiger charge is -2.26. The van der Waals surface area contributed by atoms with Crippen molar-refractivity contribution in [2.75, 3.05) is 43.5 Å². The second kappa shape index (κ2) is 11.3. The molecule has 194 valence electrons. The summed E-state index contributed by atoms with van der Waals surface area (Å²) in [5.41, 5.74) is 0.815. The first-order valence-electron chi connectivity index (χ1n) is 11.8. The number of carbonyl (C=O) groups excluding carboxylic acids is 2. The lowest BCUT2D eigenvalue weighted by molar-refractivity contribution is -0.114. The molecule has 0 unspecified atom stereocenters. The van der Waals surface area contributed by atoms with Gasteiger partial charge in [0.25, 0.3) is 15.9 Å². The monoisotopic (exact) mass is 523 g/mol. The van der Waals surface area contributed by atoms with Crippen LogP contribution in [0.1, 0.15) is 23.2 Å². The number of rotatable bonds is 9. The molecule has 1 aliphatic rings. The van der Waals surface area contributed by atoms with Crippen molar-refractivity contribution in [3.05, 3.63) is 78.4 Å². The van der Waals surface area contributed by atoms with E-state index in [1.807, 2.05) is 0 Å². The zero-order valence-corrected chi connectivity index (χ0v) is 21.5. The van der Waals surface area contributed by atoms with Gasteiger partial charge < -0.3 is 19.7 Å². The molecule has 0 saturated carbocycles. The molecule has 10 heteroatoms. The fourth-order valence-corrected chi connectivity index (χ4v) is 5.64. The van der Waals surface area contributed by atoms with E-state index < -0.39 is 22.5 Å². The number of hydrogen-bond acceptors (Lipinski definition) is 6. The van der Waals surface area contributed by atoms with Crippen LogP contribution in [0.25, 0.3) is 0 Å². The predicted octanol–water partition coefficient (Wildman–Crippen LogP) is 3.77. The topological polar surface area (TPSA) is 105 Å². The average molecular weight is 524 g/mol. The summed E-state index contributed by atoms with van der Waals surface area (Å²) in [4.78, 5) is 28.1. The van der Waals surface area contributed by atoms with Crippen LogP contribution in [-0.2, 0) is 14.8 Å². The molecule has 0 bridgehead atoms. The smallest absolute Gasteiger partial charge is 0.264 e. The Bertz CT molecular complexity index is 1370. The summed E-state index contributed by atoms with van der Waals surface area (Å²) in [7, 11) is -1.30. The van der Waals surface area contributed by atoms with Gasteiger partial charge in [0.2, 0.25) is 5.91 Å². The molecule has 1 heterocycles. The van der Waals surface area contributed by atoms with Crippen molar-refractivity contribution in [3.63, 3.8) is 0 Å². The first-order valence-corrected chi connectivity index (χ1v) is 13.3. The SMILES string of the molecule is COc1ccc(OC)c(N(CC(=O)Nc2ccccc2C(=O)N2CCCC2)S(=O)(=O)c2ccccc2)c1. The van der Waals surface area contributed by atoms with Crippen LogP contribution in [0.15, 0.2) is 77.7 Å². The molecule has 1 fully saturated rings. The number of ether oxygens (including phenoxy) is 2. The highest BCUT2D eigenvalue weighted by Crippen LogP contribution is 2.35. The van der Waals surface area contributed by atoms with Crippen LogP contribution in [0.5, 0.6) is 11.5 Å². The zero-order chi connectivity index (χ0) is 26.4. The Labute approximate surface area is 216 Å². The number of anilines is 2. The fourth-order valence-electron chi connectivity index (χ4n) is 4.20. The number of hydrogen-bond donors (Lipinski definition) is 1. The van der Waals surface area contributed by atoms with Crippen LogP contribution in [0.2, 0.25) is 0 Å². The van der Waals surface area contributed by atoms with Crippen molar-refractivity contribution in [1.29, 1.82) is 0 Å². The number of methoxy groups -OCH3 is 2. The summed E-state index contributed by atoms with van der Waals surface area (Å²) in [5.74, 6) is -0.147. The van der Waals surface area contributed by atoms with Gasteiger partial charge in [-0.15, -0.1) is 0 Å². The maximum Gasteiger partial charge on any atom is 0.264 e. The predicted molar refractivity (Wildman–Crippen MR) is 141 cm³/mol. The van der Waals surface area contributed by atoms with Crippen LogP contribution in [0.4, 0.5) is 11.4 Å². The molecule has 0 aromatic heterocycles. The van der Waals surface area contributed by atoms with Gasteiger partial charge in [-0.1, -0.05) is 30.3 Å². The van der Waals surface area contributed by atoms with Crippen molar-refractivity contribution >= 4 is 33.2 Å². The first-order chi connectivity index (χ1) is 17.8. The van der Waals surface area contributed by atoms with Crippen LogP contribution in [-0.4, -0.2) is 59.0 Å². The molecule has 9 nitrogen and oxygen atoms in total. The lowest BCUT2D eigenvalue weighted by Crippen LogP contribution is -2.38. The van der Waals surface area contributed by atoms with Crippen molar-refractivity contribution in [2.24, 2.45) is 0 Å². The van der Waals surface area contributed by atoms with Gasteiger partial charge in [-0.05, 0) is 49.2 Å². The molecule has 1 aliphatic heterocycles. The van der Waals surface area contributed by atoms with E-state index in [1.165, 1.54) is 32.4 Å². The number of para-hydroxylation sites is 1. The van der Waals surface area contributed by atoms with E-state index >= 15 is 0 Å². The molecule has 2 amide bonds. The van der Waals surface area contributed by atoms with Crippen molar-refractivity contribution in [2.45, 2.75) is 17.7 Å². The van der Waals surface area contributed by atoms with Crippen molar-refractivity contribution in [1.82, 2.24) is 4.90 Å². The van der Waals surface area contributed by atoms with Crippen LogP contribution in [0, 0.1) is 0 Å². The molecule has 0 atom stereocenters. The minimum Gasteiger partial charge on any atom is -0.497 e. The van der Waals surface area contributed by atoms with Crippen LogP contribution in [0.3, 0.4) is 0 Å². The highest BCUT2D eigenvalue weighted by atomic mass is 32.2. The number of nitrogens with one attached hydrogen (secondary N) is 1. The van der Waals surface area contributed by atoms with Gasteiger partial charge >= 0.3 is 0 Å². The van der Waals surface area contributed by atoms with E-state index in [4.69, 9.17) is 9.47 Å². The second-order valence-electron chi connectivity index (χ2n) is 8.46. The third kappa shape index (κ3) is 5.69. The summed E-state index contributed by atoms with van der Waals surface area (Å²) >= 11 is 0. The zero-order valence-electron chi connectivity index (χ0n) is 20.7. The van der Waals surface area contributed by atoms with E-state index in [2.05, 4.69) is 5.32 Å². The lowest BCUT2D eigenvalue weighted by atomic mass is 10.1. The molecule has 0 radical (unpaired) electrons. The van der Waals surface area contributed by atoms with Gasteiger partial charge in [-0.25, -0.2) is 8.42 Å². The number of sulfonamides is 1. The molecule has 3 aromatic carbocycles. The Morgan fingerprint density at radius 2 is 1.59 bits per heavy atom. The van der Waals surface area contributed by atoms with Crippen LogP contribution >= 0.6 is 0 Å². The third-order valence-electron chi connectivity index (χ3n) is 6.10. The van der Waals surface area contributed by atoms with E-state index in [1.54, 1.807) is 59.5 Å². The highest BCUT2D eigenvalue weighted by Gasteiger charge is 2.30. The molecule has 0 aliphatic carbocycles. The minimum absolute atomic E-state index is 0.0114. The van der Waals surface area contributed by atoms with Gasteiger partial charge in [0.05, 0.1) is 36.1 Å². The first kappa shape index (κ1) is 26.0. The van der Waals surface area contributed by atoms with E-state index in [0.717, 1.165) is 17.1 Å². The van der Waals surface area contributed by atoms with Gasteiger partial charge in [0.1, 0.15) is 18.0 Å². The Kier molecular flexibility index (Phi) is 7.98. The van der Waals surface area contributed by atoms with Crippen molar-refractivity contribution < 1.29 is 27.5 Å². The summed E-state index contributed by atoms with van der Waals surface area (Å²) in [5, 5.41) is 2.74. The van der Waals surface area contributed by atoms with Crippen LogP contribution < -0.4 is 19.1 Å². The fraction of sp³-hybridized carbons (Fsp3) is 0.259. The molecule has 1 N–H and O–H groups in total. The normalized spacial score (nSPS) is 13.2. The standard InChI is InChI=1S/C27H29N3O6S/c1-35-20-14-15-25(36-2)24(18-20)30(37(33,34)21-10-4-3-5-11-21)19-26(31)28-23-13-7-6-12-22(23)27(32)29-16-8-9-17-29/h3-7,10-15,18H,8-9,16-17,19H2,1-2H3,(H,28,31). The Balaban J connectivity index is 1.69. The number of amides is 2. The average Bonchev–Trinajstić information content (AvgIpc) is 3.47. The largest absolute Gasteiger partial charge is 0.497 e. The Hall–Kier alpha value is -4.05. The van der Waals surface area contributed by atoms with E-state index in [9.17, 15) is 18.0 Å². The Morgan fingerprint density at radius 3 is 2.27 bits per heavy atom. The third-order valence-corrected chi connectivity index (χ3v) is 7.87. The quantitative estimate of drug-likeness (QED) is 0.458. The molecular formula is C27H29N3O6S. The van der Waals surface area contributed by atoms with E-state index in [-0.39, 0.29) is 22.2 Å². The molecular weight excluding hydrogens is 494 g/mol. The number of benzene rings is 3. The molecule has 3 aromatic rings. The summed E-state index contributed by atoms with van der Waals surface area (Å²) in [6, 6.07) is 19.2. The Morgan fingerprint density at radius 1 is 0.919 bits per heavy atom. The molecule has 37 heavy (non-hydrogen) atoms. The maximum atomic E-state index is 13.7. The maximum absolute atomic E-state index is 13.7. The summed E-state index contributed by atoms with van der Waals surface area (Å²) in [6.45, 7) is 0.771. The number of likely N-dealkylation sites (tertiary alicyclic amines) is 1. The van der Waals surface area contributed by atoms with Gasteiger partial charge in [0, 0.05) is 19.2 Å². The van der Waals surface area contributed by atoms with Crippen molar-refractivity contribution in [3.8, 4) is 11.5 Å². The summed E-state index contributed by atoms with van der Waals surface area (Å²) < 4.78 is 39.1. The molecule has 0 spiro atoms. The number of carbonyl (C=O) groups is 2. The highest BCUT2D eigenvalue weighted by molar-refractivity contribution is 7.92. The minimum atomic E-state index is -4.18. The molecule has 4 rings (SSSR count). The summed E-state index contributed by atoms with van der Waals surface area (Å²) in [6.07, 6.45) is 1.88. The second-order valence-corrected chi connectivity index (χ2v) is 10.3. The molecule has 1 saturated heterocycles. The van der Waals surface area contributed by atoms with Gasteiger partial charge in [0.15, 0.2) is 0 Å². The van der Waals surface area contributed by atoms with Gasteiger partial charge in [-0.2, -0.15) is 0 Å².